The molecule has 0 radical (unpaired) electrons. The van der Waals surface area contributed by atoms with E-state index in [1.54, 1.807) is 12.1 Å². The molecule has 0 bridgehead atoms. The number of benzene rings is 2. The number of ether oxygens (including phenoxy) is 2. The number of methoxy groups -OCH3 is 2. The first-order valence-electron chi connectivity index (χ1n) is 7.63. The van der Waals surface area contributed by atoms with Gasteiger partial charge in [0.1, 0.15) is 0 Å². The van der Waals surface area contributed by atoms with Gasteiger partial charge in [-0.1, -0.05) is 18.1 Å². The Morgan fingerprint density at radius 2 is 1.81 bits per heavy atom. The second-order valence-corrected chi connectivity index (χ2v) is 5.27. The van der Waals surface area contributed by atoms with Crippen molar-refractivity contribution in [2.24, 2.45) is 0 Å². The van der Waals surface area contributed by atoms with Gasteiger partial charge >= 0.3 is 0 Å². The smallest absolute Gasteiger partial charge is 0.202 e. The lowest BCUT2D eigenvalue weighted by Crippen LogP contribution is -2.21. The average Bonchev–Trinajstić information content (AvgIpc) is 2.67. The normalized spacial score (nSPS) is 10.4. The molecule has 0 aliphatic carbocycles. The molecule has 0 spiro atoms. The highest BCUT2D eigenvalue weighted by atomic mass is 19.1. The molecule has 7 heteroatoms. The first kappa shape index (κ1) is 17.4. The van der Waals surface area contributed by atoms with Gasteiger partial charge in [0.05, 0.1) is 43.7 Å². The van der Waals surface area contributed by atoms with Crippen molar-refractivity contribution in [3.05, 3.63) is 48.2 Å². The number of para-hydroxylation sites is 2. The molecule has 0 aliphatic heterocycles. The predicted molar refractivity (Wildman–Crippen MR) is 94.8 cm³/mol. The van der Waals surface area contributed by atoms with Crippen molar-refractivity contribution in [1.82, 2.24) is 9.97 Å². The number of rotatable bonds is 5. The van der Waals surface area contributed by atoms with Crippen LogP contribution in [0.3, 0.4) is 0 Å². The number of terminal acetylenes is 1. The van der Waals surface area contributed by atoms with Crippen LogP contribution in [0.25, 0.3) is 11.0 Å². The quantitative estimate of drug-likeness (QED) is 0.653. The molecule has 0 fully saturated rings. The van der Waals surface area contributed by atoms with Crippen LogP contribution < -0.4 is 14.4 Å². The lowest BCUT2D eigenvalue weighted by atomic mass is 10.2. The monoisotopic (exact) mass is 355 g/mol. The zero-order valence-electron chi connectivity index (χ0n) is 14.2. The van der Waals surface area contributed by atoms with E-state index >= 15 is 0 Å². The Morgan fingerprint density at radius 3 is 2.46 bits per heavy atom. The summed E-state index contributed by atoms with van der Waals surface area (Å²) in [6.07, 6.45) is 6.87. The SMILES string of the molecule is C#CCN(c1cnc2ccccc2n1)c1cc(F)c(OC)c(OC)c1F. The van der Waals surface area contributed by atoms with Crippen LogP contribution in [-0.2, 0) is 0 Å². The lowest BCUT2D eigenvalue weighted by Gasteiger charge is -2.23. The molecular weight excluding hydrogens is 340 g/mol. The van der Waals surface area contributed by atoms with Crippen molar-refractivity contribution in [2.45, 2.75) is 0 Å². The Labute approximate surface area is 149 Å². The Hall–Kier alpha value is -3.40. The fourth-order valence-corrected chi connectivity index (χ4v) is 2.60. The van der Waals surface area contributed by atoms with E-state index in [1.807, 2.05) is 12.1 Å². The molecule has 0 unspecified atom stereocenters. The van der Waals surface area contributed by atoms with Gasteiger partial charge in [-0.3, -0.25) is 4.98 Å². The number of hydrogen-bond donors (Lipinski definition) is 0. The van der Waals surface area contributed by atoms with E-state index < -0.39 is 11.6 Å². The Bertz CT molecular complexity index is 1000. The summed E-state index contributed by atoms with van der Waals surface area (Å²) in [7, 11) is 2.46. The highest BCUT2D eigenvalue weighted by molar-refractivity contribution is 5.77. The molecule has 0 aliphatic rings. The van der Waals surface area contributed by atoms with Gasteiger partial charge in [-0.25, -0.2) is 13.8 Å². The fraction of sp³-hybridized carbons (Fsp3) is 0.158. The van der Waals surface area contributed by atoms with Crippen LogP contribution in [0, 0.1) is 24.0 Å². The zero-order valence-corrected chi connectivity index (χ0v) is 14.2. The first-order valence-corrected chi connectivity index (χ1v) is 7.63. The van der Waals surface area contributed by atoms with Gasteiger partial charge in [0.15, 0.2) is 23.2 Å². The molecule has 0 saturated carbocycles. The van der Waals surface area contributed by atoms with Crippen molar-refractivity contribution in [1.29, 1.82) is 0 Å². The second kappa shape index (κ2) is 7.23. The van der Waals surface area contributed by atoms with Crippen LogP contribution in [-0.4, -0.2) is 30.7 Å². The van der Waals surface area contributed by atoms with Gasteiger partial charge in [-0.05, 0) is 12.1 Å². The summed E-state index contributed by atoms with van der Waals surface area (Å²) in [6, 6.07) is 8.20. The molecular formula is C19H15F2N3O2. The van der Waals surface area contributed by atoms with Crippen LogP contribution in [0.15, 0.2) is 36.5 Å². The molecule has 0 amide bonds. The average molecular weight is 355 g/mol. The third-order valence-electron chi connectivity index (χ3n) is 3.77. The molecule has 1 aromatic heterocycles. The number of anilines is 2. The number of halogens is 2. The summed E-state index contributed by atoms with van der Waals surface area (Å²) in [6.45, 7) is -0.0428. The summed E-state index contributed by atoms with van der Waals surface area (Å²) in [5.74, 6) is 0.447. The summed E-state index contributed by atoms with van der Waals surface area (Å²) in [5, 5.41) is 0. The fourth-order valence-electron chi connectivity index (χ4n) is 2.60. The Kier molecular flexibility index (Phi) is 4.85. The van der Waals surface area contributed by atoms with Crippen molar-refractivity contribution in [3.8, 4) is 23.8 Å². The maximum absolute atomic E-state index is 14.9. The number of aromatic nitrogens is 2. The van der Waals surface area contributed by atoms with Crippen molar-refractivity contribution in [3.63, 3.8) is 0 Å². The number of nitrogens with zero attached hydrogens (tertiary/aromatic N) is 3. The minimum absolute atomic E-state index is 0.0428. The van der Waals surface area contributed by atoms with Crippen molar-refractivity contribution < 1.29 is 18.3 Å². The largest absolute Gasteiger partial charge is 0.490 e. The Morgan fingerprint density at radius 1 is 1.12 bits per heavy atom. The summed E-state index contributed by atoms with van der Waals surface area (Å²) in [5.41, 5.74) is 1.16. The molecule has 1 heterocycles. The van der Waals surface area contributed by atoms with Gasteiger partial charge in [0, 0.05) is 6.07 Å². The van der Waals surface area contributed by atoms with Gasteiger partial charge < -0.3 is 14.4 Å². The number of fused-ring (bicyclic) bond motifs is 1. The topological polar surface area (TPSA) is 47.5 Å². The molecule has 2 aromatic carbocycles. The highest BCUT2D eigenvalue weighted by Gasteiger charge is 2.25. The van der Waals surface area contributed by atoms with E-state index in [9.17, 15) is 8.78 Å². The minimum atomic E-state index is -0.809. The lowest BCUT2D eigenvalue weighted by molar-refractivity contribution is 0.322. The Balaban J connectivity index is 2.19. The highest BCUT2D eigenvalue weighted by Crippen LogP contribution is 2.40. The molecule has 0 saturated heterocycles. The van der Waals surface area contributed by atoms with E-state index in [2.05, 4.69) is 15.9 Å². The maximum Gasteiger partial charge on any atom is 0.202 e. The van der Waals surface area contributed by atoms with Gasteiger partial charge in [-0.15, -0.1) is 6.42 Å². The number of hydrogen-bond acceptors (Lipinski definition) is 5. The third kappa shape index (κ3) is 2.97. The van der Waals surface area contributed by atoms with E-state index in [0.29, 0.717) is 11.0 Å². The summed E-state index contributed by atoms with van der Waals surface area (Å²) in [4.78, 5) is 10.1. The molecule has 3 aromatic rings. The van der Waals surface area contributed by atoms with E-state index in [1.165, 1.54) is 25.3 Å². The van der Waals surface area contributed by atoms with E-state index in [-0.39, 0.29) is 29.5 Å². The summed E-state index contributed by atoms with van der Waals surface area (Å²) < 4.78 is 39.2. The van der Waals surface area contributed by atoms with Gasteiger partial charge in [-0.2, -0.15) is 0 Å². The summed E-state index contributed by atoms with van der Waals surface area (Å²) >= 11 is 0. The van der Waals surface area contributed by atoms with Crippen LogP contribution in [0.4, 0.5) is 20.3 Å². The first-order chi connectivity index (χ1) is 12.6. The van der Waals surface area contributed by atoms with E-state index in [4.69, 9.17) is 15.9 Å². The maximum atomic E-state index is 14.9. The molecule has 5 nitrogen and oxygen atoms in total. The molecule has 132 valence electrons. The molecule has 0 N–H and O–H groups in total. The second-order valence-electron chi connectivity index (χ2n) is 5.27. The molecule has 26 heavy (non-hydrogen) atoms. The van der Waals surface area contributed by atoms with Gasteiger partial charge in [0.25, 0.3) is 0 Å². The van der Waals surface area contributed by atoms with Crippen LogP contribution in [0.1, 0.15) is 0 Å². The minimum Gasteiger partial charge on any atom is -0.490 e. The standard InChI is InChI=1S/C19H15F2N3O2/c1-4-9-24(16-11-22-13-7-5-6-8-14(13)23-16)15-10-12(20)18(25-2)19(26-3)17(15)21/h1,5-8,10-11H,9H2,2-3H3. The van der Waals surface area contributed by atoms with Crippen LogP contribution in [0.5, 0.6) is 11.5 Å². The van der Waals surface area contributed by atoms with Gasteiger partial charge in [0.2, 0.25) is 5.75 Å². The third-order valence-corrected chi connectivity index (χ3v) is 3.77. The van der Waals surface area contributed by atoms with Crippen LogP contribution >= 0.6 is 0 Å². The van der Waals surface area contributed by atoms with Crippen molar-refractivity contribution in [2.75, 3.05) is 25.7 Å². The van der Waals surface area contributed by atoms with Crippen molar-refractivity contribution >= 4 is 22.5 Å². The molecule has 0 atom stereocenters. The molecule has 3 rings (SSSR count). The predicted octanol–water partition coefficient (Wildman–Crippen LogP) is 3.70. The van der Waals surface area contributed by atoms with Crippen LogP contribution in [0.2, 0.25) is 0 Å². The van der Waals surface area contributed by atoms with E-state index in [0.717, 1.165) is 6.07 Å². The zero-order chi connectivity index (χ0) is 18.7.